The van der Waals surface area contributed by atoms with E-state index in [0.717, 1.165) is 55.6 Å². The Morgan fingerprint density at radius 3 is 2.73 bits per heavy atom. The van der Waals surface area contributed by atoms with Crippen LogP contribution in [-0.4, -0.2) is 86.5 Å². The van der Waals surface area contributed by atoms with E-state index in [1.54, 1.807) is 26.7 Å². The lowest BCUT2D eigenvalue weighted by Gasteiger charge is -2.33. The van der Waals surface area contributed by atoms with Gasteiger partial charge in [-0.05, 0) is 44.2 Å². The molecular formula is C31H32N10O3. The maximum Gasteiger partial charge on any atom is 0.278 e. The molecule has 2 N–H and O–H groups in total. The average Bonchev–Trinajstić information content (AvgIpc) is 3.57. The topological polar surface area (TPSA) is 129 Å². The summed E-state index contributed by atoms with van der Waals surface area (Å²) in [4.78, 5) is 50.1. The molecule has 0 unspecified atom stereocenters. The van der Waals surface area contributed by atoms with E-state index in [4.69, 9.17) is 9.72 Å². The summed E-state index contributed by atoms with van der Waals surface area (Å²) in [6.07, 6.45) is 10.9. The third-order valence-electron chi connectivity index (χ3n) is 8.62. The van der Waals surface area contributed by atoms with E-state index in [-0.39, 0.29) is 18.1 Å². The van der Waals surface area contributed by atoms with Crippen LogP contribution in [0.1, 0.15) is 12.8 Å². The van der Waals surface area contributed by atoms with Crippen LogP contribution in [0.4, 0.5) is 23.0 Å². The van der Waals surface area contributed by atoms with Gasteiger partial charge in [0.05, 0.1) is 24.1 Å². The summed E-state index contributed by atoms with van der Waals surface area (Å²) < 4.78 is 9.00. The van der Waals surface area contributed by atoms with Gasteiger partial charge in [0, 0.05) is 61.7 Å². The summed E-state index contributed by atoms with van der Waals surface area (Å²) in [7, 11) is 2.15. The standard InChI is InChI=1S/C31H32N10O3/c1-37-10-12-38(13-11-37)26-18-32-24-7-6-20(14-22(24)26)35-31-34-17-23-28(36-31)41-21-15-25-29(33-16-21)44-19-27(42)39(25)8-4-2-3-5-9-40(41)30(23)43/h3,5-7,14-18,32H,2,4,8-13,19H2,1H3,(H,34,35,36). The summed E-state index contributed by atoms with van der Waals surface area (Å²) in [5.41, 5.74) is 4.50. The zero-order valence-electron chi connectivity index (χ0n) is 24.4. The molecule has 224 valence electrons. The highest BCUT2D eigenvalue weighted by molar-refractivity contribution is 5.98. The summed E-state index contributed by atoms with van der Waals surface area (Å²) in [6, 6.07) is 7.98. The van der Waals surface area contributed by atoms with E-state index in [1.165, 1.54) is 5.69 Å². The van der Waals surface area contributed by atoms with Crippen LogP contribution in [0.2, 0.25) is 0 Å². The minimum absolute atomic E-state index is 0.0417. The van der Waals surface area contributed by atoms with Crippen molar-refractivity contribution < 1.29 is 9.53 Å². The third kappa shape index (κ3) is 4.47. The number of ether oxygens (including phenoxy) is 1. The molecular weight excluding hydrogens is 560 g/mol. The normalized spacial score (nSPS) is 17.3. The first-order chi connectivity index (χ1) is 21.5. The van der Waals surface area contributed by atoms with E-state index in [0.29, 0.717) is 47.3 Å². The van der Waals surface area contributed by atoms with Crippen LogP contribution in [0.15, 0.2) is 59.8 Å². The number of rotatable bonds is 3. The number of piperazine rings is 1. The molecule has 0 saturated carbocycles. The predicted octanol–water partition coefficient (Wildman–Crippen LogP) is 3.03. The molecule has 13 nitrogen and oxygen atoms in total. The number of anilines is 4. The van der Waals surface area contributed by atoms with E-state index >= 15 is 0 Å². The van der Waals surface area contributed by atoms with Gasteiger partial charge in [0.15, 0.2) is 12.3 Å². The molecule has 0 radical (unpaired) electrons. The first-order valence-corrected chi connectivity index (χ1v) is 14.9. The summed E-state index contributed by atoms with van der Waals surface area (Å²) in [6.45, 7) is 4.86. The van der Waals surface area contributed by atoms with E-state index in [1.807, 2.05) is 30.4 Å². The van der Waals surface area contributed by atoms with Crippen molar-refractivity contribution in [1.82, 2.24) is 34.2 Å². The number of aromatic nitrogens is 6. The van der Waals surface area contributed by atoms with Gasteiger partial charge in [-0.3, -0.25) is 9.59 Å². The molecule has 0 spiro atoms. The number of hydrogen-bond acceptors (Lipinski definition) is 9. The number of likely N-dealkylation sites (N-methyl/N-ethyl adjacent to an activating group) is 1. The molecule has 5 aromatic rings. The third-order valence-corrected chi connectivity index (χ3v) is 8.62. The van der Waals surface area contributed by atoms with Crippen molar-refractivity contribution >= 4 is 50.9 Å². The van der Waals surface area contributed by atoms with Gasteiger partial charge in [0.2, 0.25) is 11.8 Å². The van der Waals surface area contributed by atoms with Crippen LogP contribution >= 0.6 is 0 Å². The molecule has 13 heteroatoms. The molecule has 1 amide bonds. The number of allylic oxidation sites excluding steroid dienone is 2. The predicted molar refractivity (Wildman–Crippen MR) is 168 cm³/mol. The Morgan fingerprint density at radius 1 is 0.955 bits per heavy atom. The number of aromatic amines is 1. The first kappa shape index (κ1) is 26.5. The van der Waals surface area contributed by atoms with Gasteiger partial charge in [-0.2, -0.15) is 4.98 Å². The molecule has 1 fully saturated rings. The van der Waals surface area contributed by atoms with E-state index in [9.17, 15) is 9.59 Å². The second-order valence-electron chi connectivity index (χ2n) is 11.4. The number of benzene rings is 1. The fraction of sp³-hybridized carbons (Fsp3) is 0.323. The molecule has 8 rings (SSSR count). The smallest absolute Gasteiger partial charge is 0.278 e. The minimum atomic E-state index is -0.208. The molecule has 3 aliphatic heterocycles. The molecule has 4 aromatic heterocycles. The number of fused-ring (bicyclic) bond motifs is 6. The lowest BCUT2D eigenvalue weighted by molar-refractivity contribution is -0.121. The van der Waals surface area contributed by atoms with Gasteiger partial charge in [-0.25, -0.2) is 19.3 Å². The van der Waals surface area contributed by atoms with Crippen molar-refractivity contribution in [3.63, 3.8) is 0 Å². The highest BCUT2D eigenvalue weighted by Crippen LogP contribution is 2.34. The summed E-state index contributed by atoms with van der Waals surface area (Å²) in [5, 5.41) is 4.87. The zero-order valence-corrected chi connectivity index (χ0v) is 24.4. The second kappa shape index (κ2) is 10.5. The van der Waals surface area contributed by atoms with Gasteiger partial charge < -0.3 is 29.7 Å². The monoisotopic (exact) mass is 592 g/mol. The van der Waals surface area contributed by atoms with Gasteiger partial charge >= 0.3 is 0 Å². The minimum Gasteiger partial charge on any atom is -0.466 e. The Labute approximate surface area is 252 Å². The molecule has 1 aromatic carbocycles. The van der Waals surface area contributed by atoms with Crippen LogP contribution in [0.5, 0.6) is 5.88 Å². The van der Waals surface area contributed by atoms with E-state index in [2.05, 4.69) is 49.4 Å². The van der Waals surface area contributed by atoms with Gasteiger partial charge in [0.25, 0.3) is 11.5 Å². The Hall–Kier alpha value is -5.17. The Bertz CT molecular complexity index is 2000. The number of amides is 1. The molecule has 1 saturated heterocycles. The Kier molecular flexibility index (Phi) is 6.33. The largest absolute Gasteiger partial charge is 0.466 e. The maximum absolute atomic E-state index is 13.6. The molecule has 0 aliphatic carbocycles. The molecule has 2 bridgehead atoms. The molecule has 7 heterocycles. The molecule has 0 atom stereocenters. The van der Waals surface area contributed by atoms with Crippen molar-refractivity contribution in [3.8, 4) is 11.6 Å². The average molecular weight is 593 g/mol. The number of nitrogens with one attached hydrogen (secondary N) is 2. The fourth-order valence-electron chi connectivity index (χ4n) is 6.23. The Balaban J connectivity index is 1.20. The fourth-order valence-corrected chi connectivity index (χ4v) is 6.23. The highest BCUT2D eigenvalue weighted by atomic mass is 16.5. The lowest BCUT2D eigenvalue weighted by Crippen LogP contribution is -2.44. The van der Waals surface area contributed by atoms with Crippen molar-refractivity contribution in [3.05, 3.63) is 65.4 Å². The lowest BCUT2D eigenvalue weighted by atomic mass is 10.2. The van der Waals surface area contributed by atoms with Crippen LogP contribution in [0.3, 0.4) is 0 Å². The number of H-pyrrole nitrogens is 1. The zero-order chi connectivity index (χ0) is 29.8. The molecule has 3 aliphatic rings. The quantitative estimate of drug-likeness (QED) is 0.304. The van der Waals surface area contributed by atoms with Gasteiger partial charge in [-0.1, -0.05) is 12.2 Å². The van der Waals surface area contributed by atoms with Crippen molar-refractivity contribution in [1.29, 1.82) is 0 Å². The Morgan fingerprint density at radius 2 is 1.84 bits per heavy atom. The van der Waals surface area contributed by atoms with Gasteiger partial charge in [0.1, 0.15) is 11.1 Å². The van der Waals surface area contributed by atoms with Crippen LogP contribution in [-0.2, 0) is 11.3 Å². The van der Waals surface area contributed by atoms with Gasteiger partial charge in [-0.15, -0.1) is 0 Å². The van der Waals surface area contributed by atoms with Crippen LogP contribution < -0.4 is 25.4 Å². The first-order valence-electron chi connectivity index (χ1n) is 14.9. The number of pyridine rings is 1. The van der Waals surface area contributed by atoms with Crippen LogP contribution in [0, 0.1) is 0 Å². The number of carbonyl (C=O) groups excluding carboxylic acids is 1. The SMILES string of the molecule is CN1CCN(c2c[nH]c3ccc(Nc4ncc5c(=O)n6n(c5n4)-c4cnc5c(c4)N(CCCC=CC6)C(=O)CO5)cc23)CC1. The number of carbonyl (C=O) groups is 1. The van der Waals surface area contributed by atoms with Crippen LogP contribution in [0.25, 0.3) is 27.6 Å². The maximum atomic E-state index is 13.6. The summed E-state index contributed by atoms with van der Waals surface area (Å²) in [5.74, 6) is 0.651. The van der Waals surface area contributed by atoms with Crippen molar-refractivity contribution in [2.45, 2.75) is 19.4 Å². The number of hydrogen-bond donors (Lipinski definition) is 2. The number of nitrogens with zero attached hydrogens (tertiary/aromatic N) is 8. The molecule has 44 heavy (non-hydrogen) atoms. The van der Waals surface area contributed by atoms with Crippen molar-refractivity contribution in [2.75, 3.05) is 61.5 Å². The van der Waals surface area contributed by atoms with E-state index < -0.39 is 0 Å². The van der Waals surface area contributed by atoms with Crippen molar-refractivity contribution in [2.24, 2.45) is 0 Å². The summed E-state index contributed by atoms with van der Waals surface area (Å²) >= 11 is 0. The highest BCUT2D eigenvalue weighted by Gasteiger charge is 2.28. The second-order valence-corrected chi connectivity index (χ2v) is 11.4.